The van der Waals surface area contributed by atoms with Gasteiger partial charge in [-0.2, -0.15) is 0 Å². The third-order valence-electron chi connectivity index (χ3n) is 5.19. The summed E-state index contributed by atoms with van der Waals surface area (Å²) in [6, 6.07) is 15.7. The highest BCUT2D eigenvalue weighted by molar-refractivity contribution is 6.34. The number of amides is 3. The highest BCUT2D eigenvalue weighted by Crippen LogP contribution is 2.22. The second-order valence-corrected chi connectivity index (χ2v) is 9.62. The highest BCUT2D eigenvalue weighted by atomic mass is 35.5. The Morgan fingerprint density at radius 1 is 0.829 bits per heavy atom. The van der Waals surface area contributed by atoms with Gasteiger partial charge in [0, 0.05) is 23.3 Å². The Morgan fingerprint density at radius 3 is 2.09 bits per heavy atom. The topological polar surface area (TPSA) is 87.3 Å². The van der Waals surface area contributed by atoms with E-state index in [-0.39, 0.29) is 34.3 Å². The van der Waals surface area contributed by atoms with E-state index in [1.807, 2.05) is 19.1 Å². The summed E-state index contributed by atoms with van der Waals surface area (Å²) in [5.74, 6) is -2.02. The van der Waals surface area contributed by atoms with Gasteiger partial charge in [0.2, 0.25) is 5.91 Å². The van der Waals surface area contributed by atoms with Gasteiger partial charge in [-0.15, -0.1) is 0 Å². The van der Waals surface area contributed by atoms with Gasteiger partial charge < -0.3 is 16.0 Å². The van der Waals surface area contributed by atoms with Gasteiger partial charge in [0.25, 0.3) is 11.8 Å². The molecule has 0 fully saturated rings. The van der Waals surface area contributed by atoms with Crippen molar-refractivity contribution in [1.29, 1.82) is 0 Å². The van der Waals surface area contributed by atoms with Gasteiger partial charge in [-0.25, -0.2) is 4.39 Å². The quantitative estimate of drug-likeness (QED) is 0.394. The third kappa shape index (κ3) is 6.90. The lowest BCUT2D eigenvalue weighted by atomic mass is 9.95. The molecule has 182 valence electrons. The highest BCUT2D eigenvalue weighted by Gasteiger charge is 2.21. The zero-order valence-electron chi connectivity index (χ0n) is 20.0. The number of carbonyl (C=O) groups excluding carboxylic acids is 3. The van der Waals surface area contributed by atoms with E-state index < -0.39 is 23.0 Å². The van der Waals surface area contributed by atoms with Gasteiger partial charge in [0.15, 0.2) is 0 Å². The van der Waals surface area contributed by atoms with Gasteiger partial charge in [-0.05, 0) is 55.0 Å². The van der Waals surface area contributed by atoms with Crippen molar-refractivity contribution in [1.82, 2.24) is 5.32 Å². The summed E-state index contributed by atoms with van der Waals surface area (Å²) < 4.78 is 14.4. The van der Waals surface area contributed by atoms with Crippen molar-refractivity contribution in [3.05, 3.63) is 93.8 Å². The number of hydrogen-bond donors (Lipinski definition) is 3. The summed E-state index contributed by atoms with van der Waals surface area (Å²) in [5, 5.41) is 8.33. The van der Waals surface area contributed by atoms with Crippen LogP contribution in [0.1, 0.15) is 52.6 Å². The predicted molar refractivity (Wildman–Crippen MR) is 136 cm³/mol. The smallest absolute Gasteiger partial charge is 0.258 e. The molecule has 0 saturated carbocycles. The first-order valence-corrected chi connectivity index (χ1v) is 11.4. The first kappa shape index (κ1) is 25.9. The fourth-order valence-electron chi connectivity index (χ4n) is 3.11. The van der Waals surface area contributed by atoms with E-state index in [0.29, 0.717) is 11.3 Å². The fourth-order valence-corrected chi connectivity index (χ4v) is 3.32. The molecule has 0 aliphatic rings. The molecule has 0 heterocycles. The Kier molecular flexibility index (Phi) is 7.92. The number of carbonyl (C=O) groups is 3. The van der Waals surface area contributed by atoms with Crippen LogP contribution in [0.15, 0.2) is 60.7 Å². The van der Waals surface area contributed by atoms with E-state index in [2.05, 4.69) is 16.0 Å². The van der Waals surface area contributed by atoms with Crippen LogP contribution in [0.3, 0.4) is 0 Å². The van der Waals surface area contributed by atoms with E-state index in [9.17, 15) is 18.8 Å². The van der Waals surface area contributed by atoms with Crippen LogP contribution in [0.4, 0.5) is 15.8 Å². The van der Waals surface area contributed by atoms with Crippen LogP contribution in [0.25, 0.3) is 0 Å². The molecule has 3 aromatic carbocycles. The van der Waals surface area contributed by atoms with Crippen LogP contribution in [-0.2, 0) is 11.3 Å². The Balaban J connectivity index is 1.74. The van der Waals surface area contributed by atoms with E-state index in [1.54, 1.807) is 51.1 Å². The number of halogens is 2. The standard InChI is InChI=1S/C27H27ClFN3O3/c1-16-5-8-18(9-6-16)31-25(34)21-14-19(10-12-23(21)29)32-24(33)20-13-17(7-11-22(20)28)15-30-26(35)27(2,3)4/h5-14H,15H2,1-4H3,(H,30,35)(H,31,34)(H,32,33). The molecule has 0 aromatic heterocycles. The van der Waals surface area contributed by atoms with Crippen LogP contribution in [0.5, 0.6) is 0 Å². The van der Waals surface area contributed by atoms with Crippen LogP contribution >= 0.6 is 11.6 Å². The van der Waals surface area contributed by atoms with E-state index in [1.165, 1.54) is 12.1 Å². The molecule has 8 heteroatoms. The summed E-state index contributed by atoms with van der Waals surface area (Å²) in [6.07, 6.45) is 0. The van der Waals surface area contributed by atoms with Gasteiger partial charge in [0.05, 0.1) is 16.1 Å². The first-order chi connectivity index (χ1) is 16.4. The molecule has 0 saturated heterocycles. The van der Waals surface area contributed by atoms with Crippen molar-refractivity contribution in [2.24, 2.45) is 5.41 Å². The molecule has 0 unspecified atom stereocenters. The molecule has 3 aromatic rings. The minimum atomic E-state index is -0.720. The second-order valence-electron chi connectivity index (χ2n) is 9.22. The molecule has 0 aliphatic carbocycles. The summed E-state index contributed by atoms with van der Waals surface area (Å²) in [4.78, 5) is 37.6. The summed E-state index contributed by atoms with van der Waals surface area (Å²) in [6.45, 7) is 7.57. The molecular weight excluding hydrogens is 469 g/mol. The number of hydrogen-bond acceptors (Lipinski definition) is 3. The van der Waals surface area contributed by atoms with E-state index in [4.69, 9.17) is 11.6 Å². The van der Waals surface area contributed by atoms with Gasteiger partial charge >= 0.3 is 0 Å². The maximum absolute atomic E-state index is 14.4. The van der Waals surface area contributed by atoms with Crippen molar-refractivity contribution in [3.8, 4) is 0 Å². The molecule has 3 amide bonds. The molecule has 35 heavy (non-hydrogen) atoms. The average molecular weight is 496 g/mol. The van der Waals surface area contributed by atoms with Crippen LogP contribution in [-0.4, -0.2) is 17.7 Å². The molecule has 0 atom stereocenters. The van der Waals surface area contributed by atoms with Crippen molar-refractivity contribution in [2.75, 3.05) is 10.6 Å². The normalized spacial score (nSPS) is 11.0. The number of aryl methyl sites for hydroxylation is 1. The Bertz CT molecular complexity index is 1270. The lowest BCUT2D eigenvalue weighted by Gasteiger charge is -2.18. The largest absolute Gasteiger partial charge is 0.352 e. The van der Waals surface area contributed by atoms with Crippen molar-refractivity contribution >= 4 is 40.7 Å². The number of anilines is 2. The number of benzene rings is 3. The molecule has 0 radical (unpaired) electrons. The molecule has 6 nitrogen and oxygen atoms in total. The molecule has 3 rings (SSSR count). The maximum atomic E-state index is 14.4. The SMILES string of the molecule is Cc1ccc(NC(=O)c2cc(NC(=O)c3cc(CNC(=O)C(C)(C)C)ccc3Cl)ccc2F)cc1. The molecule has 0 bridgehead atoms. The van der Waals surface area contributed by atoms with Gasteiger partial charge in [-0.3, -0.25) is 14.4 Å². The van der Waals surface area contributed by atoms with Gasteiger partial charge in [0.1, 0.15) is 5.82 Å². The Labute approximate surface area is 208 Å². The predicted octanol–water partition coefficient (Wildman–Crippen LogP) is 5.95. The zero-order chi connectivity index (χ0) is 25.8. The van der Waals surface area contributed by atoms with E-state index in [0.717, 1.165) is 11.6 Å². The van der Waals surface area contributed by atoms with E-state index >= 15 is 0 Å². The van der Waals surface area contributed by atoms with Crippen molar-refractivity contribution in [3.63, 3.8) is 0 Å². The molecule has 0 spiro atoms. The molecule has 3 N–H and O–H groups in total. The number of rotatable bonds is 6. The minimum Gasteiger partial charge on any atom is -0.352 e. The van der Waals surface area contributed by atoms with Gasteiger partial charge in [-0.1, -0.05) is 56.1 Å². The van der Waals surface area contributed by atoms with Crippen LogP contribution in [0, 0.1) is 18.2 Å². The maximum Gasteiger partial charge on any atom is 0.258 e. The summed E-state index contributed by atoms with van der Waals surface area (Å²) in [7, 11) is 0. The van der Waals surface area contributed by atoms with Crippen LogP contribution < -0.4 is 16.0 Å². The summed E-state index contributed by atoms with van der Waals surface area (Å²) >= 11 is 6.23. The average Bonchev–Trinajstić information content (AvgIpc) is 2.80. The van der Waals surface area contributed by atoms with Crippen molar-refractivity contribution in [2.45, 2.75) is 34.2 Å². The monoisotopic (exact) mass is 495 g/mol. The fraction of sp³-hybridized carbons (Fsp3) is 0.222. The second kappa shape index (κ2) is 10.7. The zero-order valence-corrected chi connectivity index (χ0v) is 20.7. The lowest BCUT2D eigenvalue weighted by molar-refractivity contribution is -0.128. The lowest BCUT2D eigenvalue weighted by Crippen LogP contribution is -2.34. The number of nitrogens with one attached hydrogen (secondary N) is 3. The molecule has 0 aliphatic heterocycles. The first-order valence-electron chi connectivity index (χ1n) is 11.0. The Hall–Kier alpha value is -3.71. The minimum absolute atomic E-state index is 0.124. The Morgan fingerprint density at radius 2 is 1.43 bits per heavy atom. The molecular formula is C27H27ClFN3O3. The van der Waals surface area contributed by atoms with Crippen molar-refractivity contribution < 1.29 is 18.8 Å². The van der Waals surface area contributed by atoms with Crippen LogP contribution in [0.2, 0.25) is 5.02 Å². The third-order valence-corrected chi connectivity index (χ3v) is 5.52. The summed E-state index contributed by atoms with van der Waals surface area (Å²) in [5.41, 5.74) is 1.90.